The Hall–Kier alpha value is -3.17. The van der Waals surface area contributed by atoms with E-state index in [4.69, 9.17) is 4.74 Å². The molecule has 5 rings (SSSR count). The Morgan fingerprint density at radius 2 is 1.71 bits per heavy atom. The standard InChI is InChI=1S/C29H34F2N4O3/c30-23-11-9-21(10-12-23)27-19-26(24-7-3-4-8-25(24)31)32-35(27)28(36)20-34(29(37)22-5-1-2-6-22)14-13-33-15-17-38-18-16-33/h3-4,7-12,22,27H,1-2,5-6,13-20H2/t27-/m0/s1. The van der Waals surface area contributed by atoms with Crippen molar-refractivity contribution in [2.45, 2.75) is 38.1 Å². The molecule has 2 amide bonds. The van der Waals surface area contributed by atoms with E-state index in [1.54, 1.807) is 35.2 Å². The van der Waals surface area contributed by atoms with Crippen LogP contribution in [0.2, 0.25) is 0 Å². The first-order valence-corrected chi connectivity index (χ1v) is 13.5. The topological polar surface area (TPSA) is 65.5 Å². The van der Waals surface area contributed by atoms with Crippen molar-refractivity contribution in [3.8, 4) is 0 Å². The molecule has 0 radical (unpaired) electrons. The minimum Gasteiger partial charge on any atom is -0.379 e. The van der Waals surface area contributed by atoms with Crippen LogP contribution in [0.5, 0.6) is 0 Å². The molecule has 2 heterocycles. The van der Waals surface area contributed by atoms with Crippen molar-refractivity contribution in [3.05, 3.63) is 71.3 Å². The molecule has 1 saturated heterocycles. The lowest BCUT2D eigenvalue weighted by molar-refractivity contribution is -0.144. The molecule has 1 saturated carbocycles. The van der Waals surface area contributed by atoms with Gasteiger partial charge in [-0.3, -0.25) is 14.5 Å². The number of hydrogen-bond donors (Lipinski definition) is 0. The Morgan fingerprint density at radius 3 is 2.42 bits per heavy atom. The van der Waals surface area contributed by atoms with Crippen molar-refractivity contribution < 1.29 is 23.1 Å². The fourth-order valence-corrected chi connectivity index (χ4v) is 5.56. The molecular formula is C29H34F2N4O3. The minimum absolute atomic E-state index is 0.0138. The molecule has 38 heavy (non-hydrogen) atoms. The number of hydrogen-bond acceptors (Lipinski definition) is 5. The number of amides is 2. The van der Waals surface area contributed by atoms with Crippen molar-refractivity contribution in [3.63, 3.8) is 0 Å². The third kappa shape index (κ3) is 6.10. The first-order chi connectivity index (χ1) is 18.5. The quantitative estimate of drug-likeness (QED) is 0.524. The third-order valence-corrected chi connectivity index (χ3v) is 7.74. The molecule has 1 atom stereocenters. The summed E-state index contributed by atoms with van der Waals surface area (Å²) in [4.78, 5) is 31.2. The zero-order valence-electron chi connectivity index (χ0n) is 21.5. The van der Waals surface area contributed by atoms with Gasteiger partial charge in [-0.05, 0) is 36.6 Å². The number of hydrazone groups is 1. The van der Waals surface area contributed by atoms with Gasteiger partial charge in [-0.2, -0.15) is 5.10 Å². The second-order valence-corrected chi connectivity index (χ2v) is 10.2. The zero-order valence-corrected chi connectivity index (χ0v) is 21.5. The van der Waals surface area contributed by atoms with Gasteiger partial charge in [0.05, 0.1) is 25.0 Å². The lowest BCUT2D eigenvalue weighted by atomic mass is 9.98. The van der Waals surface area contributed by atoms with Gasteiger partial charge in [-0.25, -0.2) is 13.8 Å². The van der Waals surface area contributed by atoms with E-state index in [1.807, 2.05) is 0 Å². The van der Waals surface area contributed by atoms with Crippen molar-refractivity contribution in [1.29, 1.82) is 0 Å². The van der Waals surface area contributed by atoms with E-state index >= 15 is 0 Å². The van der Waals surface area contributed by atoms with E-state index in [-0.39, 0.29) is 30.1 Å². The number of morpholine rings is 1. The average Bonchev–Trinajstić information content (AvgIpc) is 3.63. The highest BCUT2D eigenvalue weighted by Gasteiger charge is 2.36. The predicted molar refractivity (Wildman–Crippen MR) is 139 cm³/mol. The van der Waals surface area contributed by atoms with Crippen LogP contribution in [0.4, 0.5) is 8.78 Å². The molecular weight excluding hydrogens is 490 g/mol. The molecule has 0 N–H and O–H groups in total. The van der Waals surface area contributed by atoms with Crippen molar-refractivity contribution >= 4 is 17.5 Å². The smallest absolute Gasteiger partial charge is 0.262 e. The molecule has 0 aromatic heterocycles. The summed E-state index contributed by atoms with van der Waals surface area (Å²) in [6.45, 7) is 3.93. The summed E-state index contributed by atoms with van der Waals surface area (Å²) in [5.41, 5.74) is 1.49. The summed E-state index contributed by atoms with van der Waals surface area (Å²) < 4.78 is 33.7. The molecule has 2 aromatic rings. The predicted octanol–water partition coefficient (Wildman–Crippen LogP) is 3.99. The number of rotatable bonds is 8. The van der Waals surface area contributed by atoms with Gasteiger partial charge in [-0.15, -0.1) is 0 Å². The highest BCUT2D eigenvalue weighted by molar-refractivity contribution is 6.03. The summed E-state index contributed by atoms with van der Waals surface area (Å²) in [5.74, 6) is -1.17. The van der Waals surface area contributed by atoms with Crippen molar-refractivity contribution in [2.75, 3.05) is 45.9 Å². The first-order valence-electron chi connectivity index (χ1n) is 13.5. The largest absolute Gasteiger partial charge is 0.379 e. The molecule has 2 fully saturated rings. The summed E-state index contributed by atoms with van der Waals surface area (Å²) in [7, 11) is 0. The lowest BCUT2D eigenvalue weighted by Gasteiger charge is -2.32. The van der Waals surface area contributed by atoms with E-state index in [1.165, 1.54) is 23.2 Å². The highest BCUT2D eigenvalue weighted by atomic mass is 19.1. The second kappa shape index (κ2) is 12.1. The average molecular weight is 525 g/mol. The van der Waals surface area contributed by atoms with Crippen LogP contribution >= 0.6 is 0 Å². The van der Waals surface area contributed by atoms with E-state index in [2.05, 4.69) is 10.0 Å². The van der Waals surface area contributed by atoms with Crippen LogP contribution in [-0.2, 0) is 14.3 Å². The maximum absolute atomic E-state index is 14.6. The maximum Gasteiger partial charge on any atom is 0.262 e. The van der Waals surface area contributed by atoms with Crippen LogP contribution in [0, 0.1) is 17.6 Å². The fourth-order valence-electron chi connectivity index (χ4n) is 5.56. The Bertz CT molecular complexity index is 1160. The number of halogens is 2. The molecule has 7 nitrogen and oxygen atoms in total. The van der Waals surface area contributed by atoms with Gasteiger partial charge in [0.1, 0.15) is 18.2 Å². The summed E-state index contributed by atoms with van der Waals surface area (Å²) >= 11 is 0. The van der Waals surface area contributed by atoms with Gasteiger partial charge < -0.3 is 9.64 Å². The molecule has 9 heteroatoms. The van der Waals surface area contributed by atoms with Crippen LogP contribution in [0.3, 0.4) is 0 Å². The molecule has 2 aliphatic heterocycles. The number of benzene rings is 2. The number of ether oxygens (including phenoxy) is 1. The lowest BCUT2D eigenvalue weighted by Crippen LogP contribution is -2.47. The van der Waals surface area contributed by atoms with Crippen LogP contribution in [-0.4, -0.2) is 78.3 Å². The van der Waals surface area contributed by atoms with E-state index in [0.29, 0.717) is 49.6 Å². The van der Waals surface area contributed by atoms with Gasteiger partial charge in [0.15, 0.2) is 0 Å². The molecule has 1 aliphatic carbocycles. The Labute approximate surface area is 222 Å². The van der Waals surface area contributed by atoms with Crippen LogP contribution in [0.1, 0.15) is 49.3 Å². The molecule has 0 bridgehead atoms. The molecule has 2 aromatic carbocycles. The van der Waals surface area contributed by atoms with E-state index in [0.717, 1.165) is 38.8 Å². The van der Waals surface area contributed by atoms with Gasteiger partial charge in [-0.1, -0.05) is 43.2 Å². The Balaban J connectivity index is 1.38. The Kier molecular flexibility index (Phi) is 8.44. The normalized spacial score (nSPS) is 20.5. The highest BCUT2D eigenvalue weighted by Crippen LogP contribution is 2.34. The van der Waals surface area contributed by atoms with Gasteiger partial charge in [0, 0.05) is 44.1 Å². The molecule has 3 aliphatic rings. The Morgan fingerprint density at radius 1 is 1.00 bits per heavy atom. The van der Waals surface area contributed by atoms with E-state index in [9.17, 15) is 18.4 Å². The second-order valence-electron chi connectivity index (χ2n) is 10.2. The first kappa shape index (κ1) is 26.4. The van der Waals surface area contributed by atoms with Crippen LogP contribution < -0.4 is 0 Å². The maximum atomic E-state index is 14.6. The zero-order chi connectivity index (χ0) is 26.5. The minimum atomic E-state index is -0.514. The van der Waals surface area contributed by atoms with Gasteiger partial charge in [0.2, 0.25) is 5.91 Å². The fraction of sp³-hybridized carbons (Fsp3) is 0.483. The SMILES string of the molecule is O=C(C1CCCC1)N(CCN1CCOCC1)CC(=O)N1N=C(c2ccccc2F)C[C@H]1c1ccc(F)cc1. The molecule has 202 valence electrons. The van der Waals surface area contributed by atoms with Crippen LogP contribution in [0.15, 0.2) is 53.6 Å². The van der Waals surface area contributed by atoms with Gasteiger partial charge in [0.25, 0.3) is 5.91 Å². The number of carbonyl (C=O) groups excluding carboxylic acids is 2. The number of nitrogens with zero attached hydrogens (tertiary/aromatic N) is 4. The van der Waals surface area contributed by atoms with Crippen molar-refractivity contribution in [1.82, 2.24) is 14.8 Å². The molecule has 0 unspecified atom stereocenters. The van der Waals surface area contributed by atoms with Crippen molar-refractivity contribution in [2.24, 2.45) is 11.0 Å². The summed E-state index contributed by atoms with van der Waals surface area (Å²) in [6.07, 6.45) is 4.03. The monoisotopic (exact) mass is 524 g/mol. The molecule has 0 spiro atoms. The van der Waals surface area contributed by atoms with Gasteiger partial charge >= 0.3 is 0 Å². The van der Waals surface area contributed by atoms with Crippen LogP contribution in [0.25, 0.3) is 0 Å². The van der Waals surface area contributed by atoms with E-state index < -0.39 is 11.9 Å². The third-order valence-electron chi connectivity index (χ3n) is 7.74. The summed E-state index contributed by atoms with van der Waals surface area (Å²) in [5, 5.41) is 5.92. The number of carbonyl (C=O) groups is 2. The summed E-state index contributed by atoms with van der Waals surface area (Å²) in [6, 6.07) is 11.8.